The van der Waals surface area contributed by atoms with E-state index >= 15 is 0 Å². The Kier molecular flexibility index (Phi) is 2.60. The standard InChI is InChI=1S/C14H12ClN5/c15-10-5-8-3-1-2-4-9(8)11(10)20-14-12-13(17-6-16-12)18-7-19-14/h1-4,6-7,10-11H,5H2,(H2,16,17,18,19,20). The van der Waals surface area contributed by atoms with Crippen LogP contribution in [-0.4, -0.2) is 25.3 Å². The Morgan fingerprint density at radius 1 is 1.20 bits per heavy atom. The fourth-order valence-electron chi connectivity index (χ4n) is 2.74. The Labute approximate surface area is 120 Å². The van der Waals surface area contributed by atoms with Crippen molar-refractivity contribution in [2.75, 3.05) is 5.32 Å². The normalized spacial score (nSPS) is 21.1. The highest BCUT2D eigenvalue weighted by Crippen LogP contribution is 2.37. The summed E-state index contributed by atoms with van der Waals surface area (Å²) in [6.45, 7) is 0. The maximum atomic E-state index is 6.49. The van der Waals surface area contributed by atoms with Gasteiger partial charge in [-0.1, -0.05) is 24.3 Å². The van der Waals surface area contributed by atoms with Gasteiger partial charge in [-0.2, -0.15) is 0 Å². The van der Waals surface area contributed by atoms with Gasteiger partial charge in [0.15, 0.2) is 11.5 Å². The number of hydrogen-bond donors (Lipinski definition) is 2. The lowest BCUT2D eigenvalue weighted by Gasteiger charge is -2.18. The molecule has 0 bridgehead atoms. The third-order valence-electron chi connectivity index (χ3n) is 3.68. The maximum absolute atomic E-state index is 6.49. The first-order valence-corrected chi connectivity index (χ1v) is 6.89. The van der Waals surface area contributed by atoms with Crippen LogP contribution in [0.25, 0.3) is 11.2 Å². The smallest absolute Gasteiger partial charge is 0.182 e. The molecule has 2 heterocycles. The second-order valence-electron chi connectivity index (χ2n) is 4.86. The Balaban J connectivity index is 1.74. The average molecular weight is 286 g/mol. The summed E-state index contributed by atoms with van der Waals surface area (Å²) >= 11 is 6.49. The molecule has 1 aromatic carbocycles. The van der Waals surface area contributed by atoms with Crippen LogP contribution in [0.15, 0.2) is 36.9 Å². The molecule has 5 nitrogen and oxygen atoms in total. The lowest BCUT2D eigenvalue weighted by atomic mass is 10.1. The van der Waals surface area contributed by atoms with Gasteiger partial charge in [-0.15, -0.1) is 11.6 Å². The van der Waals surface area contributed by atoms with Gasteiger partial charge >= 0.3 is 0 Å². The van der Waals surface area contributed by atoms with Crippen LogP contribution >= 0.6 is 11.6 Å². The summed E-state index contributed by atoms with van der Waals surface area (Å²) in [4.78, 5) is 15.6. The number of nitrogens with one attached hydrogen (secondary N) is 2. The zero-order valence-electron chi connectivity index (χ0n) is 10.5. The molecule has 0 amide bonds. The summed E-state index contributed by atoms with van der Waals surface area (Å²) in [5.74, 6) is 0.736. The van der Waals surface area contributed by atoms with Gasteiger partial charge in [0, 0.05) is 0 Å². The molecular formula is C14H12ClN5. The third-order valence-corrected chi connectivity index (χ3v) is 4.09. The second-order valence-corrected chi connectivity index (χ2v) is 5.42. The Morgan fingerprint density at radius 3 is 3.05 bits per heavy atom. The second kappa shape index (κ2) is 4.45. The van der Waals surface area contributed by atoms with Gasteiger partial charge in [0.05, 0.1) is 17.7 Å². The summed E-state index contributed by atoms with van der Waals surface area (Å²) in [5, 5.41) is 3.44. The predicted molar refractivity (Wildman–Crippen MR) is 77.8 cm³/mol. The molecule has 2 atom stereocenters. The topological polar surface area (TPSA) is 66.5 Å². The van der Waals surface area contributed by atoms with Gasteiger partial charge in [-0.3, -0.25) is 0 Å². The summed E-state index contributed by atoms with van der Waals surface area (Å²) in [5.41, 5.74) is 3.99. The van der Waals surface area contributed by atoms with E-state index in [1.165, 1.54) is 17.5 Å². The van der Waals surface area contributed by atoms with E-state index in [9.17, 15) is 0 Å². The van der Waals surface area contributed by atoms with Gasteiger partial charge in [-0.25, -0.2) is 15.0 Å². The van der Waals surface area contributed by atoms with Crippen molar-refractivity contribution < 1.29 is 0 Å². The Bertz CT molecular complexity index is 769. The molecule has 0 radical (unpaired) electrons. The van der Waals surface area contributed by atoms with E-state index in [4.69, 9.17) is 11.6 Å². The van der Waals surface area contributed by atoms with E-state index in [0.29, 0.717) is 5.65 Å². The maximum Gasteiger partial charge on any atom is 0.182 e. The fraction of sp³-hybridized carbons (Fsp3) is 0.214. The zero-order chi connectivity index (χ0) is 13.5. The van der Waals surface area contributed by atoms with Gasteiger partial charge in [0.1, 0.15) is 11.8 Å². The number of hydrogen-bond acceptors (Lipinski definition) is 4. The van der Waals surface area contributed by atoms with Crippen molar-refractivity contribution >= 4 is 28.6 Å². The van der Waals surface area contributed by atoms with E-state index in [1.807, 2.05) is 12.1 Å². The lowest BCUT2D eigenvalue weighted by Crippen LogP contribution is -2.17. The molecule has 6 heteroatoms. The number of halogens is 1. The number of aromatic nitrogens is 4. The number of anilines is 1. The number of H-pyrrole nitrogens is 1. The molecule has 0 saturated heterocycles. The van der Waals surface area contributed by atoms with Gasteiger partial charge in [0.25, 0.3) is 0 Å². The highest BCUT2D eigenvalue weighted by Gasteiger charge is 2.31. The highest BCUT2D eigenvalue weighted by molar-refractivity contribution is 6.21. The number of nitrogens with zero attached hydrogens (tertiary/aromatic N) is 3. The van der Waals surface area contributed by atoms with Gasteiger partial charge < -0.3 is 10.3 Å². The van der Waals surface area contributed by atoms with Crippen molar-refractivity contribution in [3.63, 3.8) is 0 Å². The largest absolute Gasteiger partial charge is 0.360 e. The molecule has 2 unspecified atom stereocenters. The number of rotatable bonds is 2. The molecular weight excluding hydrogens is 274 g/mol. The van der Waals surface area contributed by atoms with Crippen molar-refractivity contribution in [1.29, 1.82) is 0 Å². The van der Waals surface area contributed by atoms with Gasteiger partial charge in [-0.05, 0) is 17.5 Å². The Morgan fingerprint density at radius 2 is 2.10 bits per heavy atom. The molecule has 100 valence electrons. The van der Waals surface area contributed by atoms with Crippen LogP contribution in [0, 0.1) is 0 Å². The molecule has 20 heavy (non-hydrogen) atoms. The molecule has 1 aliphatic carbocycles. The number of aromatic amines is 1. The Hall–Kier alpha value is -2.14. The molecule has 2 N–H and O–H groups in total. The van der Waals surface area contributed by atoms with Crippen LogP contribution in [0.4, 0.5) is 5.82 Å². The van der Waals surface area contributed by atoms with Crippen molar-refractivity contribution in [3.05, 3.63) is 48.0 Å². The van der Waals surface area contributed by atoms with Crippen LogP contribution < -0.4 is 5.32 Å². The molecule has 3 aromatic rings. The number of alkyl halides is 1. The van der Waals surface area contributed by atoms with Crippen molar-refractivity contribution in [2.45, 2.75) is 17.8 Å². The van der Waals surface area contributed by atoms with Crippen LogP contribution in [-0.2, 0) is 6.42 Å². The van der Waals surface area contributed by atoms with Crippen molar-refractivity contribution in [1.82, 2.24) is 19.9 Å². The summed E-state index contributed by atoms with van der Waals surface area (Å²) < 4.78 is 0. The quantitative estimate of drug-likeness (QED) is 0.711. The first-order chi connectivity index (χ1) is 9.83. The third kappa shape index (κ3) is 1.74. The molecule has 0 saturated carbocycles. The molecule has 2 aromatic heterocycles. The van der Waals surface area contributed by atoms with Crippen LogP contribution in [0.5, 0.6) is 0 Å². The monoisotopic (exact) mass is 285 g/mol. The van der Waals surface area contributed by atoms with Crippen LogP contribution in [0.1, 0.15) is 17.2 Å². The fourth-order valence-corrected chi connectivity index (χ4v) is 3.10. The minimum absolute atomic E-state index is 0.0142. The summed E-state index contributed by atoms with van der Waals surface area (Å²) in [7, 11) is 0. The SMILES string of the molecule is ClC1Cc2ccccc2C1Nc1ncnc2nc[nH]c12. The minimum atomic E-state index is 0.0142. The van der Waals surface area contributed by atoms with Crippen LogP contribution in [0.3, 0.4) is 0 Å². The van der Waals surface area contributed by atoms with E-state index in [1.54, 1.807) is 6.33 Å². The number of imidazole rings is 1. The molecule has 0 spiro atoms. The van der Waals surface area contributed by atoms with Crippen LogP contribution in [0.2, 0.25) is 0 Å². The summed E-state index contributed by atoms with van der Waals surface area (Å²) in [6.07, 6.45) is 3.99. The van der Waals surface area contributed by atoms with Gasteiger partial charge in [0.2, 0.25) is 0 Å². The lowest BCUT2D eigenvalue weighted by molar-refractivity contribution is 0.767. The molecule has 4 rings (SSSR count). The first-order valence-electron chi connectivity index (χ1n) is 6.45. The number of benzene rings is 1. The van der Waals surface area contributed by atoms with E-state index in [0.717, 1.165) is 17.8 Å². The molecule has 0 fully saturated rings. The van der Waals surface area contributed by atoms with E-state index in [2.05, 4.69) is 37.4 Å². The van der Waals surface area contributed by atoms with Crippen molar-refractivity contribution in [2.24, 2.45) is 0 Å². The highest BCUT2D eigenvalue weighted by atomic mass is 35.5. The van der Waals surface area contributed by atoms with E-state index < -0.39 is 0 Å². The molecule has 1 aliphatic rings. The van der Waals surface area contributed by atoms with Crippen molar-refractivity contribution in [3.8, 4) is 0 Å². The molecule has 0 aliphatic heterocycles. The zero-order valence-corrected chi connectivity index (χ0v) is 11.3. The van der Waals surface area contributed by atoms with E-state index in [-0.39, 0.29) is 11.4 Å². The average Bonchev–Trinajstić information content (AvgIpc) is 3.05. The first kappa shape index (κ1) is 11.7. The minimum Gasteiger partial charge on any atom is -0.360 e. The summed E-state index contributed by atoms with van der Waals surface area (Å²) in [6, 6.07) is 8.37. The predicted octanol–water partition coefficient (Wildman–Crippen LogP) is 2.67. The number of fused-ring (bicyclic) bond motifs is 2.